The highest BCUT2D eigenvalue weighted by atomic mass is 16.4. The lowest BCUT2D eigenvalue weighted by Gasteiger charge is -2.14. The van der Waals surface area contributed by atoms with E-state index in [-0.39, 0.29) is 12.1 Å². The minimum atomic E-state index is -0.938. The lowest BCUT2D eigenvalue weighted by Crippen LogP contribution is -2.42. The number of carboxylic acid groups (broad SMARTS) is 1. The highest BCUT2D eigenvalue weighted by Gasteiger charge is 2.28. The molecule has 2 rings (SSSR count). The summed E-state index contributed by atoms with van der Waals surface area (Å²) in [6.07, 6.45) is 2.88. The van der Waals surface area contributed by atoms with Crippen LogP contribution in [-0.2, 0) is 6.42 Å². The van der Waals surface area contributed by atoms with Crippen molar-refractivity contribution >= 4 is 12.0 Å². The molecule has 3 N–H and O–H groups in total. The summed E-state index contributed by atoms with van der Waals surface area (Å²) in [7, 11) is 0. The number of hydrogen-bond acceptors (Lipinski definition) is 2. The maximum Gasteiger partial charge on any atom is 0.335 e. The largest absolute Gasteiger partial charge is 0.478 e. The Hall–Kier alpha value is -2.04. The summed E-state index contributed by atoms with van der Waals surface area (Å²) in [6, 6.07) is 6.88. The zero-order valence-electron chi connectivity index (χ0n) is 11.6. The standard InChI is InChI=1S/C15H20N2O3/c1-10(11-6-7-11)17-15(20)16-9-8-12-4-2-3-5-13(12)14(18)19/h2-5,10-11H,6-9H2,1H3,(H,18,19)(H2,16,17,20). The average Bonchev–Trinajstić information content (AvgIpc) is 3.23. The van der Waals surface area contributed by atoms with Gasteiger partial charge in [0.05, 0.1) is 5.56 Å². The van der Waals surface area contributed by atoms with Crippen LogP contribution in [0.1, 0.15) is 35.7 Å². The molecule has 5 heteroatoms. The third-order valence-electron chi connectivity index (χ3n) is 3.62. The summed E-state index contributed by atoms with van der Waals surface area (Å²) in [5.74, 6) is -0.319. The van der Waals surface area contributed by atoms with Gasteiger partial charge in [0.15, 0.2) is 0 Å². The summed E-state index contributed by atoms with van der Waals surface area (Å²) < 4.78 is 0. The van der Waals surface area contributed by atoms with Crippen molar-refractivity contribution in [1.29, 1.82) is 0 Å². The van der Waals surface area contributed by atoms with E-state index in [9.17, 15) is 9.59 Å². The fourth-order valence-corrected chi connectivity index (χ4v) is 2.23. The molecule has 2 amide bonds. The van der Waals surface area contributed by atoms with Crippen LogP contribution < -0.4 is 10.6 Å². The van der Waals surface area contributed by atoms with E-state index in [4.69, 9.17) is 5.11 Å². The van der Waals surface area contributed by atoms with Crippen LogP contribution in [0.2, 0.25) is 0 Å². The molecule has 1 unspecified atom stereocenters. The van der Waals surface area contributed by atoms with Crippen molar-refractivity contribution in [3.63, 3.8) is 0 Å². The van der Waals surface area contributed by atoms with Gasteiger partial charge in [0.1, 0.15) is 0 Å². The van der Waals surface area contributed by atoms with Crippen LogP contribution in [0, 0.1) is 5.92 Å². The number of rotatable bonds is 6. The molecular weight excluding hydrogens is 256 g/mol. The molecule has 1 aliphatic rings. The van der Waals surface area contributed by atoms with Gasteiger partial charge in [-0.05, 0) is 43.7 Å². The Bertz CT molecular complexity index is 498. The fourth-order valence-electron chi connectivity index (χ4n) is 2.23. The first kappa shape index (κ1) is 14.4. The number of carbonyl (C=O) groups excluding carboxylic acids is 1. The number of hydrogen-bond donors (Lipinski definition) is 3. The molecule has 0 aromatic heterocycles. The molecule has 0 heterocycles. The van der Waals surface area contributed by atoms with E-state index in [0.717, 1.165) is 5.56 Å². The van der Waals surface area contributed by atoms with E-state index in [1.54, 1.807) is 24.3 Å². The first-order valence-corrected chi connectivity index (χ1v) is 6.93. The van der Waals surface area contributed by atoms with E-state index in [2.05, 4.69) is 10.6 Å². The molecule has 0 saturated heterocycles. The van der Waals surface area contributed by atoms with Crippen molar-refractivity contribution in [3.05, 3.63) is 35.4 Å². The van der Waals surface area contributed by atoms with Gasteiger partial charge in [-0.1, -0.05) is 18.2 Å². The molecular formula is C15H20N2O3. The second-order valence-electron chi connectivity index (χ2n) is 5.24. The second-order valence-corrected chi connectivity index (χ2v) is 5.24. The third kappa shape index (κ3) is 3.98. The summed E-state index contributed by atoms with van der Waals surface area (Å²) in [5.41, 5.74) is 1.02. The lowest BCUT2D eigenvalue weighted by molar-refractivity contribution is 0.0695. The van der Waals surface area contributed by atoms with Gasteiger partial charge in [-0.2, -0.15) is 0 Å². The van der Waals surface area contributed by atoms with Gasteiger partial charge < -0.3 is 15.7 Å². The summed E-state index contributed by atoms with van der Waals surface area (Å²) in [5, 5.41) is 14.7. The molecule has 0 radical (unpaired) electrons. The van der Waals surface area contributed by atoms with E-state index < -0.39 is 5.97 Å². The smallest absolute Gasteiger partial charge is 0.335 e. The van der Waals surface area contributed by atoms with Crippen molar-refractivity contribution in [3.8, 4) is 0 Å². The van der Waals surface area contributed by atoms with Gasteiger partial charge in [-0.15, -0.1) is 0 Å². The quantitative estimate of drug-likeness (QED) is 0.744. The molecule has 5 nitrogen and oxygen atoms in total. The fraction of sp³-hybridized carbons (Fsp3) is 0.467. The Kier molecular flexibility index (Phi) is 4.61. The number of nitrogens with one attached hydrogen (secondary N) is 2. The molecule has 0 spiro atoms. The van der Waals surface area contributed by atoms with E-state index in [1.165, 1.54) is 12.8 Å². The minimum Gasteiger partial charge on any atom is -0.478 e. The first-order valence-electron chi connectivity index (χ1n) is 6.93. The van der Waals surface area contributed by atoms with E-state index in [0.29, 0.717) is 24.4 Å². The Balaban J connectivity index is 1.77. The molecule has 1 fully saturated rings. The summed E-state index contributed by atoms with van der Waals surface area (Å²) >= 11 is 0. The molecule has 1 atom stereocenters. The van der Waals surface area contributed by atoms with Crippen LogP contribution in [0.3, 0.4) is 0 Å². The molecule has 1 aromatic carbocycles. The minimum absolute atomic E-state index is 0.183. The average molecular weight is 276 g/mol. The molecule has 0 aliphatic heterocycles. The lowest BCUT2D eigenvalue weighted by atomic mass is 10.0. The predicted octanol–water partition coefficient (Wildman–Crippen LogP) is 2.03. The van der Waals surface area contributed by atoms with Crippen LogP contribution in [-0.4, -0.2) is 29.7 Å². The molecule has 1 aliphatic carbocycles. The normalized spacial score (nSPS) is 15.4. The number of amides is 2. The molecule has 1 aromatic rings. The first-order chi connectivity index (χ1) is 9.58. The maximum absolute atomic E-state index is 11.7. The summed E-state index contributed by atoms with van der Waals surface area (Å²) in [6.45, 7) is 2.44. The van der Waals surface area contributed by atoms with Crippen LogP contribution in [0.5, 0.6) is 0 Å². The van der Waals surface area contributed by atoms with Crippen LogP contribution in [0.25, 0.3) is 0 Å². The Labute approximate surface area is 118 Å². The third-order valence-corrected chi connectivity index (χ3v) is 3.62. The van der Waals surface area contributed by atoms with Crippen LogP contribution in [0.4, 0.5) is 4.79 Å². The topological polar surface area (TPSA) is 78.4 Å². The Morgan fingerprint density at radius 2 is 2.05 bits per heavy atom. The van der Waals surface area contributed by atoms with Crippen molar-refractivity contribution < 1.29 is 14.7 Å². The Morgan fingerprint density at radius 1 is 1.35 bits per heavy atom. The van der Waals surface area contributed by atoms with Crippen LogP contribution in [0.15, 0.2) is 24.3 Å². The second kappa shape index (κ2) is 6.41. The van der Waals surface area contributed by atoms with Crippen molar-refractivity contribution in [2.45, 2.75) is 32.2 Å². The van der Waals surface area contributed by atoms with E-state index in [1.807, 2.05) is 6.92 Å². The van der Waals surface area contributed by atoms with Gasteiger partial charge in [0, 0.05) is 12.6 Å². The maximum atomic E-state index is 11.7. The molecule has 20 heavy (non-hydrogen) atoms. The molecule has 1 saturated carbocycles. The number of urea groups is 1. The van der Waals surface area contributed by atoms with Gasteiger partial charge in [0.2, 0.25) is 0 Å². The van der Waals surface area contributed by atoms with E-state index >= 15 is 0 Å². The highest BCUT2D eigenvalue weighted by molar-refractivity contribution is 5.89. The number of aromatic carboxylic acids is 1. The zero-order chi connectivity index (χ0) is 14.5. The highest BCUT2D eigenvalue weighted by Crippen LogP contribution is 2.32. The number of benzene rings is 1. The SMILES string of the molecule is CC(NC(=O)NCCc1ccccc1C(=O)O)C1CC1. The zero-order valence-corrected chi connectivity index (χ0v) is 11.6. The molecule has 0 bridgehead atoms. The molecule has 108 valence electrons. The van der Waals surface area contributed by atoms with Gasteiger partial charge in [-0.25, -0.2) is 9.59 Å². The van der Waals surface area contributed by atoms with Crippen molar-refractivity contribution in [2.24, 2.45) is 5.92 Å². The Morgan fingerprint density at radius 3 is 2.70 bits per heavy atom. The predicted molar refractivity (Wildman–Crippen MR) is 75.8 cm³/mol. The van der Waals surface area contributed by atoms with Gasteiger partial charge in [-0.3, -0.25) is 0 Å². The monoisotopic (exact) mass is 276 g/mol. The summed E-state index contributed by atoms with van der Waals surface area (Å²) in [4.78, 5) is 22.7. The van der Waals surface area contributed by atoms with Crippen molar-refractivity contribution in [1.82, 2.24) is 10.6 Å². The van der Waals surface area contributed by atoms with Crippen LogP contribution >= 0.6 is 0 Å². The number of carboxylic acids is 1. The number of carbonyl (C=O) groups is 2. The van der Waals surface area contributed by atoms with Crippen molar-refractivity contribution in [2.75, 3.05) is 6.54 Å². The van der Waals surface area contributed by atoms with Gasteiger partial charge in [0.25, 0.3) is 0 Å². The van der Waals surface area contributed by atoms with Gasteiger partial charge >= 0.3 is 12.0 Å².